The maximum Gasteiger partial charge on any atom is 0.354 e. The summed E-state index contributed by atoms with van der Waals surface area (Å²) in [5.41, 5.74) is 0.844. The Labute approximate surface area is 127 Å². The Morgan fingerprint density at radius 1 is 1.33 bits per heavy atom. The highest BCUT2D eigenvalue weighted by molar-refractivity contribution is 7.89. The van der Waals surface area contributed by atoms with Crippen molar-refractivity contribution in [2.24, 2.45) is 0 Å². The van der Waals surface area contributed by atoms with Crippen molar-refractivity contribution in [2.75, 3.05) is 7.11 Å². The van der Waals surface area contributed by atoms with Crippen LogP contribution in [0.2, 0.25) is 5.02 Å². The average Bonchev–Trinajstić information content (AvgIpc) is 2.96. The first kappa shape index (κ1) is 15.6. The van der Waals surface area contributed by atoms with Crippen molar-refractivity contribution in [2.45, 2.75) is 11.4 Å². The van der Waals surface area contributed by atoms with Gasteiger partial charge in [0.25, 0.3) is 0 Å². The van der Waals surface area contributed by atoms with Crippen molar-refractivity contribution in [1.82, 2.24) is 9.71 Å². The zero-order chi connectivity index (χ0) is 15.5. The molecule has 2 aromatic rings. The van der Waals surface area contributed by atoms with E-state index in [0.29, 0.717) is 5.02 Å². The second-order valence-corrected chi connectivity index (χ2v) is 6.40. The summed E-state index contributed by atoms with van der Waals surface area (Å²) in [5.74, 6) is -0.630. The standard InChI is InChI=1S/C13H13ClN2O4S/c1-20-13(17)12-6-11(8-15-12)21(18,19)16-7-9-2-4-10(14)5-3-9/h2-6,8,15-16H,7H2,1H3. The fourth-order valence-electron chi connectivity index (χ4n) is 1.62. The minimum atomic E-state index is -3.71. The number of sulfonamides is 1. The first-order valence-electron chi connectivity index (χ1n) is 5.93. The van der Waals surface area contributed by atoms with Crippen LogP contribution >= 0.6 is 11.6 Å². The van der Waals surface area contributed by atoms with Crippen LogP contribution in [-0.2, 0) is 21.3 Å². The smallest absolute Gasteiger partial charge is 0.354 e. The van der Waals surface area contributed by atoms with Crippen LogP contribution in [0.15, 0.2) is 41.4 Å². The van der Waals surface area contributed by atoms with Crippen molar-refractivity contribution in [3.63, 3.8) is 0 Å². The molecule has 0 radical (unpaired) electrons. The Balaban J connectivity index is 2.09. The van der Waals surface area contributed by atoms with Crippen LogP contribution in [0.25, 0.3) is 0 Å². The highest BCUT2D eigenvalue weighted by atomic mass is 35.5. The van der Waals surface area contributed by atoms with Gasteiger partial charge in [-0.15, -0.1) is 0 Å². The van der Waals surface area contributed by atoms with Crippen LogP contribution in [0.1, 0.15) is 16.1 Å². The number of H-pyrrole nitrogens is 1. The number of methoxy groups -OCH3 is 1. The number of benzene rings is 1. The van der Waals surface area contributed by atoms with Crippen LogP contribution in [0.5, 0.6) is 0 Å². The molecule has 2 N–H and O–H groups in total. The van der Waals surface area contributed by atoms with Crippen molar-refractivity contribution in [3.05, 3.63) is 52.8 Å². The third-order valence-corrected chi connectivity index (χ3v) is 4.38. The first-order valence-corrected chi connectivity index (χ1v) is 7.79. The quantitative estimate of drug-likeness (QED) is 0.821. The molecule has 2 rings (SSSR count). The lowest BCUT2D eigenvalue weighted by Gasteiger charge is -2.05. The van der Waals surface area contributed by atoms with Gasteiger partial charge < -0.3 is 9.72 Å². The largest absolute Gasteiger partial charge is 0.464 e. The van der Waals surface area contributed by atoms with Gasteiger partial charge in [-0.3, -0.25) is 0 Å². The number of nitrogens with one attached hydrogen (secondary N) is 2. The monoisotopic (exact) mass is 328 g/mol. The van der Waals surface area contributed by atoms with E-state index in [1.54, 1.807) is 24.3 Å². The predicted octanol–water partition coefficient (Wildman–Crippen LogP) is 1.93. The van der Waals surface area contributed by atoms with E-state index >= 15 is 0 Å². The third kappa shape index (κ3) is 3.84. The van der Waals surface area contributed by atoms with E-state index in [-0.39, 0.29) is 17.1 Å². The number of halogens is 1. The summed E-state index contributed by atoms with van der Waals surface area (Å²) in [6, 6.07) is 8.02. The molecule has 0 spiro atoms. The number of hydrogen-bond acceptors (Lipinski definition) is 4. The van der Waals surface area contributed by atoms with Gasteiger partial charge in [-0.1, -0.05) is 23.7 Å². The van der Waals surface area contributed by atoms with Crippen molar-refractivity contribution >= 4 is 27.6 Å². The molecule has 1 aromatic heterocycles. The van der Waals surface area contributed by atoms with E-state index in [1.807, 2.05) is 0 Å². The molecule has 0 aliphatic carbocycles. The second-order valence-electron chi connectivity index (χ2n) is 4.19. The summed E-state index contributed by atoms with van der Waals surface area (Å²) in [5, 5.41) is 0.579. The van der Waals surface area contributed by atoms with Gasteiger partial charge >= 0.3 is 5.97 Å². The molecule has 0 aliphatic heterocycles. The van der Waals surface area contributed by atoms with Crippen molar-refractivity contribution in [1.29, 1.82) is 0 Å². The normalized spacial score (nSPS) is 11.3. The van der Waals surface area contributed by atoms with Gasteiger partial charge in [-0.25, -0.2) is 17.9 Å². The van der Waals surface area contributed by atoms with Crippen molar-refractivity contribution in [3.8, 4) is 0 Å². The molecule has 8 heteroatoms. The summed E-state index contributed by atoms with van der Waals surface area (Å²) in [6.07, 6.45) is 1.23. The van der Waals surface area contributed by atoms with Gasteiger partial charge in [-0.2, -0.15) is 0 Å². The minimum Gasteiger partial charge on any atom is -0.464 e. The maximum atomic E-state index is 12.1. The number of hydrogen-bond donors (Lipinski definition) is 2. The molecular weight excluding hydrogens is 316 g/mol. The zero-order valence-electron chi connectivity index (χ0n) is 11.1. The lowest BCUT2D eigenvalue weighted by atomic mass is 10.2. The fourth-order valence-corrected chi connectivity index (χ4v) is 2.76. The predicted molar refractivity (Wildman–Crippen MR) is 77.6 cm³/mol. The number of ether oxygens (including phenoxy) is 1. The number of carbonyl (C=O) groups excluding carboxylic acids is 1. The molecule has 0 bridgehead atoms. The first-order chi connectivity index (χ1) is 9.92. The summed E-state index contributed by atoms with van der Waals surface area (Å²) in [7, 11) is -2.49. The van der Waals surface area contributed by atoms with E-state index in [1.165, 1.54) is 19.4 Å². The third-order valence-electron chi connectivity index (χ3n) is 2.75. The lowest BCUT2D eigenvalue weighted by Crippen LogP contribution is -2.22. The van der Waals surface area contributed by atoms with Gasteiger partial charge in [0.2, 0.25) is 10.0 Å². The van der Waals surface area contributed by atoms with Gasteiger partial charge in [0.05, 0.1) is 7.11 Å². The molecule has 6 nitrogen and oxygen atoms in total. The number of aromatic nitrogens is 1. The molecule has 0 saturated carbocycles. The van der Waals surface area contributed by atoms with Gasteiger partial charge in [-0.05, 0) is 23.8 Å². The maximum absolute atomic E-state index is 12.1. The van der Waals surface area contributed by atoms with E-state index in [0.717, 1.165) is 5.56 Å². The summed E-state index contributed by atoms with van der Waals surface area (Å²) in [4.78, 5) is 13.8. The SMILES string of the molecule is COC(=O)c1cc(S(=O)(=O)NCc2ccc(Cl)cc2)c[nH]1. The molecule has 0 atom stereocenters. The number of carbonyl (C=O) groups is 1. The Hall–Kier alpha value is -1.83. The van der Waals surface area contributed by atoms with Gasteiger partial charge in [0.1, 0.15) is 10.6 Å². The van der Waals surface area contributed by atoms with Gasteiger partial charge in [0, 0.05) is 17.8 Å². The van der Waals surface area contributed by atoms with E-state index in [4.69, 9.17) is 11.6 Å². The molecule has 1 heterocycles. The average molecular weight is 329 g/mol. The van der Waals surface area contributed by atoms with Crippen LogP contribution in [-0.4, -0.2) is 26.5 Å². The zero-order valence-corrected chi connectivity index (χ0v) is 12.7. The summed E-state index contributed by atoms with van der Waals surface area (Å²) >= 11 is 5.76. The molecular formula is C13H13ClN2O4S. The van der Waals surface area contributed by atoms with Crippen LogP contribution in [0.4, 0.5) is 0 Å². The van der Waals surface area contributed by atoms with Crippen LogP contribution < -0.4 is 4.72 Å². The molecule has 21 heavy (non-hydrogen) atoms. The fraction of sp³-hybridized carbons (Fsp3) is 0.154. The number of esters is 1. The van der Waals surface area contributed by atoms with E-state index in [2.05, 4.69) is 14.4 Å². The molecule has 1 aromatic carbocycles. The Bertz CT molecular complexity index is 738. The van der Waals surface area contributed by atoms with Crippen LogP contribution in [0, 0.1) is 0 Å². The molecule has 0 fully saturated rings. The second kappa shape index (κ2) is 6.30. The highest BCUT2D eigenvalue weighted by Gasteiger charge is 2.18. The molecule has 0 amide bonds. The number of aromatic amines is 1. The Kier molecular flexibility index (Phi) is 4.66. The summed E-state index contributed by atoms with van der Waals surface area (Å²) in [6.45, 7) is 0.123. The van der Waals surface area contributed by atoms with Crippen molar-refractivity contribution < 1.29 is 17.9 Å². The number of rotatable bonds is 5. The lowest BCUT2D eigenvalue weighted by molar-refractivity contribution is 0.0595. The van der Waals surface area contributed by atoms with E-state index < -0.39 is 16.0 Å². The Morgan fingerprint density at radius 2 is 2.00 bits per heavy atom. The summed E-state index contributed by atoms with van der Waals surface area (Å²) < 4.78 is 31.1. The highest BCUT2D eigenvalue weighted by Crippen LogP contribution is 2.13. The van der Waals surface area contributed by atoms with Gasteiger partial charge in [0.15, 0.2) is 0 Å². The molecule has 0 aliphatic rings. The van der Waals surface area contributed by atoms with Crippen LogP contribution in [0.3, 0.4) is 0 Å². The van der Waals surface area contributed by atoms with E-state index in [9.17, 15) is 13.2 Å². The Morgan fingerprint density at radius 3 is 2.62 bits per heavy atom. The molecule has 0 unspecified atom stereocenters. The topological polar surface area (TPSA) is 88.3 Å². The molecule has 112 valence electrons. The minimum absolute atomic E-state index is 0.0307. The molecule has 0 saturated heterocycles.